The van der Waals surface area contributed by atoms with Crippen LogP contribution in [0.4, 0.5) is 11.5 Å². The van der Waals surface area contributed by atoms with E-state index in [1.807, 2.05) is 50.2 Å². The second-order valence-electron chi connectivity index (χ2n) is 7.74. The van der Waals surface area contributed by atoms with E-state index in [1.54, 1.807) is 7.11 Å². The lowest BCUT2D eigenvalue weighted by atomic mass is 10.0. The highest BCUT2D eigenvalue weighted by Gasteiger charge is 2.29. The molecule has 3 heterocycles. The fraction of sp³-hybridized carbons (Fsp3) is 0.375. The average molecular weight is 432 g/mol. The van der Waals surface area contributed by atoms with E-state index in [-0.39, 0.29) is 0 Å². The standard InChI is InChI=1S/C24H29N7O/c1-6-14-30(15-7-2)21-13-12-19(16(3)25-21)27-23-22(18-10-8-9-11-20(18)32-5)29-31-24(23)26-17(4)28-31/h8-13H,6-7,14-15H2,1-5H3/b27-23-. The molecule has 0 aliphatic carbocycles. The van der Waals surface area contributed by atoms with Crippen LogP contribution in [-0.2, 0) is 0 Å². The van der Waals surface area contributed by atoms with Crippen molar-refractivity contribution in [3.05, 3.63) is 59.3 Å². The van der Waals surface area contributed by atoms with Crippen molar-refractivity contribution in [2.45, 2.75) is 40.5 Å². The van der Waals surface area contributed by atoms with Crippen LogP contribution in [0.15, 0.2) is 46.5 Å². The van der Waals surface area contributed by atoms with Gasteiger partial charge in [0.2, 0.25) is 5.82 Å². The molecule has 0 amide bonds. The third-order valence-corrected chi connectivity index (χ3v) is 5.28. The number of hydrogen-bond acceptors (Lipinski definition) is 7. The Bertz CT molecular complexity index is 1170. The molecule has 0 saturated carbocycles. The maximum Gasteiger partial charge on any atom is 0.204 e. The lowest BCUT2D eigenvalue weighted by Crippen LogP contribution is -2.25. The zero-order valence-corrected chi connectivity index (χ0v) is 19.3. The number of para-hydroxylation sites is 1. The van der Waals surface area contributed by atoms with Crippen molar-refractivity contribution in [3.63, 3.8) is 0 Å². The largest absolute Gasteiger partial charge is 0.496 e. The Balaban J connectivity index is 1.78. The van der Waals surface area contributed by atoms with Crippen LogP contribution in [0, 0.1) is 13.8 Å². The molecule has 2 aromatic heterocycles. The Hall–Kier alpha value is -3.55. The van der Waals surface area contributed by atoms with Gasteiger partial charge in [0.1, 0.15) is 23.0 Å². The van der Waals surface area contributed by atoms with Crippen molar-refractivity contribution in [3.8, 4) is 5.75 Å². The Morgan fingerprint density at radius 1 is 1.00 bits per heavy atom. The number of anilines is 1. The summed E-state index contributed by atoms with van der Waals surface area (Å²) in [4.78, 5) is 18.2. The number of aromatic nitrogens is 4. The van der Waals surface area contributed by atoms with Gasteiger partial charge in [-0.05, 0) is 51.0 Å². The number of hydrogen-bond donors (Lipinski definition) is 0. The van der Waals surface area contributed by atoms with E-state index in [2.05, 4.69) is 33.9 Å². The van der Waals surface area contributed by atoms with Crippen LogP contribution in [0.5, 0.6) is 5.75 Å². The van der Waals surface area contributed by atoms with Gasteiger partial charge in [0.25, 0.3) is 0 Å². The van der Waals surface area contributed by atoms with Gasteiger partial charge in [-0.2, -0.15) is 0 Å². The number of rotatable bonds is 8. The Labute approximate surface area is 188 Å². The number of pyridine rings is 1. The summed E-state index contributed by atoms with van der Waals surface area (Å²) in [6.07, 6.45) is 2.16. The molecule has 0 unspecified atom stereocenters. The second kappa shape index (κ2) is 9.30. The molecule has 0 N–H and O–H groups in total. The van der Waals surface area contributed by atoms with Crippen LogP contribution in [-0.4, -0.2) is 51.5 Å². The molecule has 0 atom stereocenters. The van der Waals surface area contributed by atoms with Crippen LogP contribution in [0.2, 0.25) is 0 Å². The maximum atomic E-state index is 5.56. The van der Waals surface area contributed by atoms with Crippen LogP contribution < -0.4 is 9.64 Å². The van der Waals surface area contributed by atoms with Crippen LogP contribution in [0.25, 0.3) is 0 Å². The maximum absolute atomic E-state index is 5.56. The van der Waals surface area contributed by atoms with Gasteiger partial charge in [-0.3, -0.25) is 0 Å². The first-order valence-electron chi connectivity index (χ1n) is 11.0. The quantitative estimate of drug-likeness (QED) is 0.531. The molecule has 1 aliphatic rings. The first-order chi connectivity index (χ1) is 15.5. The van der Waals surface area contributed by atoms with Crippen LogP contribution in [0.3, 0.4) is 0 Å². The number of benzene rings is 1. The summed E-state index contributed by atoms with van der Waals surface area (Å²) in [6, 6.07) is 11.8. The Morgan fingerprint density at radius 2 is 1.75 bits per heavy atom. The number of ether oxygens (including phenoxy) is 1. The molecule has 8 nitrogen and oxygen atoms in total. The predicted octanol–water partition coefficient (Wildman–Crippen LogP) is 4.31. The number of aliphatic imine (C=N–C) groups is 1. The minimum Gasteiger partial charge on any atom is -0.496 e. The minimum atomic E-state index is 0.616. The third kappa shape index (κ3) is 4.12. The monoisotopic (exact) mass is 431 g/mol. The summed E-state index contributed by atoms with van der Waals surface area (Å²) in [6.45, 7) is 10.2. The Morgan fingerprint density at radius 3 is 2.44 bits per heavy atom. The van der Waals surface area contributed by atoms with E-state index < -0.39 is 0 Å². The van der Waals surface area contributed by atoms with E-state index >= 15 is 0 Å². The highest BCUT2D eigenvalue weighted by molar-refractivity contribution is 6.54. The van der Waals surface area contributed by atoms with Crippen LogP contribution in [0.1, 0.15) is 49.6 Å². The predicted molar refractivity (Wildman–Crippen MR) is 128 cm³/mol. The van der Waals surface area contributed by atoms with Gasteiger partial charge in [0, 0.05) is 18.7 Å². The van der Waals surface area contributed by atoms with E-state index in [1.165, 1.54) is 4.79 Å². The van der Waals surface area contributed by atoms with Crippen molar-refractivity contribution >= 4 is 22.9 Å². The second-order valence-corrected chi connectivity index (χ2v) is 7.74. The van der Waals surface area contributed by atoms with Gasteiger partial charge in [0.05, 0.1) is 18.5 Å². The number of nitrogens with zero attached hydrogens (tertiary/aromatic N) is 7. The first kappa shape index (κ1) is 21.7. The molecule has 0 saturated heterocycles. The molecule has 0 radical (unpaired) electrons. The minimum absolute atomic E-state index is 0.616. The number of aryl methyl sites for hydroxylation is 2. The highest BCUT2D eigenvalue weighted by atomic mass is 16.5. The third-order valence-electron chi connectivity index (χ3n) is 5.28. The van der Waals surface area contributed by atoms with E-state index in [9.17, 15) is 0 Å². The molecule has 166 valence electrons. The average Bonchev–Trinajstić information content (AvgIpc) is 3.31. The molecule has 3 aromatic rings. The smallest absolute Gasteiger partial charge is 0.204 e. The lowest BCUT2D eigenvalue weighted by Gasteiger charge is -2.23. The van der Waals surface area contributed by atoms with Gasteiger partial charge >= 0.3 is 0 Å². The molecule has 0 fully saturated rings. The van der Waals surface area contributed by atoms with Gasteiger partial charge < -0.3 is 9.64 Å². The fourth-order valence-electron chi connectivity index (χ4n) is 3.83. The Kier molecular flexibility index (Phi) is 6.30. The molecule has 32 heavy (non-hydrogen) atoms. The van der Waals surface area contributed by atoms with Crippen molar-refractivity contribution in [1.29, 1.82) is 0 Å². The number of methoxy groups -OCH3 is 1. The van der Waals surface area contributed by atoms with E-state index in [0.717, 1.165) is 54.4 Å². The molecule has 0 spiro atoms. The van der Waals surface area contributed by atoms with Crippen molar-refractivity contribution < 1.29 is 4.74 Å². The van der Waals surface area contributed by atoms with Gasteiger partial charge in [-0.15, -0.1) is 15.0 Å². The summed E-state index contributed by atoms with van der Waals surface area (Å²) in [5.41, 5.74) is 3.83. The summed E-state index contributed by atoms with van der Waals surface area (Å²) in [5.74, 6) is 2.97. The highest BCUT2D eigenvalue weighted by Crippen LogP contribution is 2.27. The summed E-state index contributed by atoms with van der Waals surface area (Å²) < 4.78 is 5.56. The summed E-state index contributed by atoms with van der Waals surface area (Å²) in [5, 5.41) is 9.06. The topological polar surface area (TPSA) is 80.8 Å². The zero-order chi connectivity index (χ0) is 22.7. The van der Waals surface area contributed by atoms with Crippen LogP contribution >= 0.6 is 0 Å². The van der Waals surface area contributed by atoms with Crippen molar-refractivity contribution in [2.24, 2.45) is 10.1 Å². The van der Waals surface area contributed by atoms with Gasteiger partial charge in [-0.1, -0.05) is 26.0 Å². The zero-order valence-electron chi connectivity index (χ0n) is 19.3. The molecule has 8 heteroatoms. The normalized spacial score (nSPS) is 13.9. The van der Waals surface area contributed by atoms with Crippen molar-refractivity contribution in [2.75, 3.05) is 25.1 Å². The van der Waals surface area contributed by atoms with Gasteiger partial charge in [-0.25, -0.2) is 15.0 Å². The SMILES string of the molecule is CCCN(CCC)c1ccc(/N=C2/C(c3ccccc3OC)=Nn3nc(C)nc32)c(C)n1. The molecule has 1 aliphatic heterocycles. The number of fused-ring (bicyclic) bond motifs is 1. The summed E-state index contributed by atoms with van der Waals surface area (Å²) in [7, 11) is 1.65. The first-order valence-corrected chi connectivity index (χ1v) is 11.0. The molecule has 1 aromatic carbocycles. The fourth-order valence-corrected chi connectivity index (χ4v) is 3.83. The summed E-state index contributed by atoms with van der Waals surface area (Å²) >= 11 is 0. The van der Waals surface area contributed by atoms with E-state index in [0.29, 0.717) is 23.1 Å². The van der Waals surface area contributed by atoms with E-state index in [4.69, 9.17) is 14.7 Å². The molecule has 0 bridgehead atoms. The molecule has 4 rings (SSSR count). The molecular formula is C24H29N7O. The van der Waals surface area contributed by atoms with Gasteiger partial charge in [0.15, 0.2) is 5.82 Å². The van der Waals surface area contributed by atoms with Crippen molar-refractivity contribution in [1.82, 2.24) is 19.9 Å². The lowest BCUT2D eigenvalue weighted by molar-refractivity contribution is 0.414. The molecular weight excluding hydrogens is 402 g/mol.